The molecular weight excluding hydrogens is 344 g/mol. The summed E-state index contributed by atoms with van der Waals surface area (Å²) < 4.78 is 1.88. The molecular formula is C17H19ClN4OS. The van der Waals surface area contributed by atoms with Crippen LogP contribution in [0.4, 0.5) is 0 Å². The summed E-state index contributed by atoms with van der Waals surface area (Å²) in [6, 6.07) is 7.44. The van der Waals surface area contributed by atoms with Crippen LogP contribution in [0.1, 0.15) is 5.82 Å². The van der Waals surface area contributed by atoms with E-state index in [1.807, 2.05) is 35.8 Å². The molecule has 126 valence electrons. The van der Waals surface area contributed by atoms with Gasteiger partial charge in [-0.25, -0.2) is 0 Å². The minimum absolute atomic E-state index is 0.00176. The Bertz CT molecular complexity index is 734. The Morgan fingerprint density at radius 1 is 1.33 bits per heavy atom. The van der Waals surface area contributed by atoms with Gasteiger partial charge in [0.2, 0.25) is 5.91 Å². The Balaban J connectivity index is 2.15. The van der Waals surface area contributed by atoms with Crippen molar-refractivity contribution in [2.45, 2.75) is 12.1 Å². The van der Waals surface area contributed by atoms with Crippen LogP contribution in [0.3, 0.4) is 0 Å². The van der Waals surface area contributed by atoms with Gasteiger partial charge in [-0.3, -0.25) is 9.36 Å². The van der Waals surface area contributed by atoms with Crippen LogP contribution in [0.25, 0.3) is 5.69 Å². The van der Waals surface area contributed by atoms with Crippen LogP contribution in [0.15, 0.2) is 54.7 Å². The Morgan fingerprint density at radius 3 is 2.67 bits per heavy atom. The van der Waals surface area contributed by atoms with E-state index >= 15 is 0 Å². The van der Waals surface area contributed by atoms with Gasteiger partial charge in [-0.05, 0) is 25.1 Å². The number of carbonyl (C=O) groups excluding carboxylic acids is 1. The molecule has 0 N–H and O–H groups in total. The molecule has 1 heterocycles. The SMILES string of the molecule is C=CCN(CC=C)C(=O)CSc1nnc(C)n1-c1cccc(Cl)c1. The molecule has 24 heavy (non-hydrogen) atoms. The number of hydrogen-bond donors (Lipinski definition) is 0. The maximum atomic E-state index is 12.3. The molecule has 7 heteroatoms. The molecule has 0 radical (unpaired) electrons. The van der Waals surface area contributed by atoms with Gasteiger partial charge in [0.25, 0.3) is 0 Å². The van der Waals surface area contributed by atoms with Gasteiger partial charge in [0, 0.05) is 18.1 Å². The highest BCUT2D eigenvalue weighted by atomic mass is 35.5. The van der Waals surface area contributed by atoms with Crippen LogP contribution >= 0.6 is 23.4 Å². The molecule has 0 aliphatic heterocycles. The van der Waals surface area contributed by atoms with E-state index in [1.165, 1.54) is 11.8 Å². The average molecular weight is 363 g/mol. The first-order valence-corrected chi connectivity index (χ1v) is 8.73. The van der Waals surface area contributed by atoms with E-state index in [2.05, 4.69) is 23.4 Å². The third-order valence-electron chi connectivity index (χ3n) is 3.24. The lowest BCUT2D eigenvalue weighted by Gasteiger charge is -2.18. The van der Waals surface area contributed by atoms with Crippen LogP contribution < -0.4 is 0 Å². The molecule has 2 rings (SSSR count). The summed E-state index contributed by atoms with van der Waals surface area (Å²) in [6.07, 6.45) is 3.40. The van der Waals surface area contributed by atoms with Gasteiger partial charge < -0.3 is 4.90 Å². The fourth-order valence-corrected chi connectivity index (χ4v) is 3.24. The smallest absolute Gasteiger partial charge is 0.233 e. The van der Waals surface area contributed by atoms with Gasteiger partial charge in [0.1, 0.15) is 5.82 Å². The van der Waals surface area contributed by atoms with Gasteiger partial charge in [-0.2, -0.15) is 0 Å². The first kappa shape index (κ1) is 18.3. The lowest BCUT2D eigenvalue weighted by Crippen LogP contribution is -2.32. The van der Waals surface area contributed by atoms with Gasteiger partial charge in [-0.15, -0.1) is 23.4 Å². The standard InChI is InChI=1S/C17H19ClN4OS/c1-4-9-21(10-5-2)16(23)12-24-17-20-19-13(3)22(17)15-8-6-7-14(18)11-15/h4-8,11H,1-2,9-10,12H2,3H3. The summed E-state index contributed by atoms with van der Waals surface area (Å²) in [7, 11) is 0. The first-order chi connectivity index (χ1) is 11.6. The summed E-state index contributed by atoms with van der Waals surface area (Å²) >= 11 is 7.41. The number of benzene rings is 1. The quantitative estimate of drug-likeness (QED) is 0.532. The minimum Gasteiger partial charge on any atom is -0.335 e. The van der Waals surface area contributed by atoms with Crippen LogP contribution in [0.5, 0.6) is 0 Å². The number of carbonyl (C=O) groups is 1. The van der Waals surface area contributed by atoms with E-state index in [-0.39, 0.29) is 11.7 Å². The van der Waals surface area contributed by atoms with Crippen LogP contribution in [-0.2, 0) is 4.79 Å². The predicted molar refractivity (Wildman–Crippen MR) is 98.8 cm³/mol. The highest BCUT2D eigenvalue weighted by Crippen LogP contribution is 2.23. The number of rotatable bonds is 8. The largest absolute Gasteiger partial charge is 0.335 e. The number of aryl methyl sites for hydroxylation is 1. The van der Waals surface area contributed by atoms with E-state index in [1.54, 1.807) is 17.1 Å². The zero-order valence-corrected chi connectivity index (χ0v) is 15.1. The van der Waals surface area contributed by atoms with Crippen molar-refractivity contribution in [3.05, 3.63) is 60.4 Å². The molecule has 0 unspecified atom stereocenters. The molecule has 0 saturated carbocycles. The van der Waals surface area contributed by atoms with E-state index in [9.17, 15) is 4.79 Å². The topological polar surface area (TPSA) is 51.0 Å². The predicted octanol–water partition coefficient (Wildman–Crippen LogP) is 3.52. The third-order valence-corrected chi connectivity index (χ3v) is 4.39. The van der Waals surface area contributed by atoms with Crippen molar-refractivity contribution in [2.24, 2.45) is 0 Å². The summed E-state index contributed by atoms with van der Waals surface area (Å²) in [5, 5.41) is 9.56. The van der Waals surface area contributed by atoms with Crippen molar-refractivity contribution in [1.29, 1.82) is 0 Å². The zero-order chi connectivity index (χ0) is 17.5. The summed E-state index contributed by atoms with van der Waals surface area (Å²) in [6.45, 7) is 10.2. The van der Waals surface area contributed by atoms with E-state index < -0.39 is 0 Å². The van der Waals surface area contributed by atoms with Crippen molar-refractivity contribution in [1.82, 2.24) is 19.7 Å². The van der Waals surface area contributed by atoms with Crippen molar-refractivity contribution in [2.75, 3.05) is 18.8 Å². The number of nitrogens with zero attached hydrogens (tertiary/aromatic N) is 4. The molecule has 0 bridgehead atoms. The number of hydrogen-bond acceptors (Lipinski definition) is 4. The minimum atomic E-state index is -0.00176. The number of thioether (sulfide) groups is 1. The van der Waals surface area contributed by atoms with Crippen LogP contribution in [0, 0.1) is 6.92 Å². The third kappa shape index (κ3) is 4.49. The second-order valence-electron chi connectivity index (χ2n) is 5.01. The molecule has 0 fully saturated rings. The number of aromatic nitrogens is 3. The highest BCUT2D eigenvalue weighted by Gasteiger charge is 2.16. The van der Waals surface area contributed by atoms with Crippen LogP contribution in [-0.4, -0.2) is 44.4 Å². The monoisotopic (exact) mass is 362 g/mol. The normalized spacial score (nSPS) is 10.4. The molecule has 0 aliphatic carbocycles. The number of amides is 1. The highest BCUT2D eigenvalue weighted by molar-refractivity contribution is 7.99. The number of halogens is 1. The Hall–Kier alpha value is -2.05. The molecule has 0 aliphatic rings. The Labute approximate surface area is 151 Å². The van der Waals surface area contributed by atoms with Gasteiger partial charge in [0.15, 0.2) is 5.16 Å². The fourth-order valence-electron chi connectivity index (χ4n) is 2.16. The second-order valence-corrected chi connectivity index (χ2v) is 6.39. The van der Waals surface area contributed by atoms with E-state index in [0.717, 1.165) is 11.5 Å². The molecule has 0 saturated heterocycles. The molecule has 5 nitrogen and oxygen atoms in total. The van der Waals surface area contributed by atoms with Crippen LogP contribution in [0.2, 0.25) is 5.02 Å². The first-order valence-electron chi connectivity index (χ1n) is 7.37. The van der Waals surface area contributed by atoms with E-state index in [0.29, 0.717) is 23.3 Å². The van der Waals surface area contributed by atoms with Crippen molar-refractivity contribution in [3.8, 4) is 5.69 Å². The molecule has 0 atom stereocenters. The molecule has 0 spiro atoms. The van der Waals surface area contributed by atoms with Crippen molar-refractivity contribution < 1.29 is 4.79 Å². The van der Waals surface area contributed by atoms with Crippen molar-refractivity contribution >= 4 is 29.3 Å². The summed E-state index contributed by atoms with van der Waals surface area (Å²) in [5.74, 6) is 1.000. The lowest BCUT2D eigenvalue weighted by molar-refractivity contribution is -0.127. The summed E-state index contributed by atoms with van der Waals surface area (Å²) in [4.78, 5) is 14.0. The maximum absolute atomic E-state index is 12.3. The maximum Gasteiger partial charge on any atom is 0.233 e. The Kier molecular flexibility index (Phi) is 6.63. The summed E-state index contributed by atoms with van der Waals surface area (Å²) in [5.41, 5.74) is 0.869. The lowest BCUT2D eigenvalue weighted by atomic mass is 10.3. The van der Waals surface area contributed by atoms with E-state index in [4.69, 9.17) is 11.6 Å². The molecule has 1 aromatic carbocycles. The average Bonchev–Trinajstić information content (AvgIpc) is 2.93. The molecule has 2 aromatic rings. The van der Waals surface area contributed by atoms with Gasteiger partial charge in [0.05, 0.1) is 11.4 Å². The fraction of sp³-hybridized carbons (Fsp3) is 0.235. The molecule has 1 amide bonds. The van der Waals surface area contributed by atoms with Gasteiger partial charge in [-0.1, -0.05) is 41.6 Å². The zero-order valence-electron chi connectivity index (χ0n) is 13.5. The molecule has 1 aromatic heterocycles. The Morgan fingerprint density at radius 2 is 2.04 bits per heavy atom. The second kappa shape index (κ2) is 8.70. The van der Waals surface area contributed by atoms with Gasteiger partial charge >= 0.3 is 0 Å². The van der Waals surface area contributed by atoms with Crippen molar-refractivity contribution in [3.63, 3.8) is 0 Å².